The number of nitrogens with one attached hydrogen (secondary N) is 2. The number of thiophene rings is 1. The van der Waals surface area contributed by atoms with Gasteiger partial charge in [0.2, 0.25) is 5.91 Å². The number of aryl methyl sites for hydroxylation is 1. The number of benzene rings is 1. The predicted octanol–water partition coefficient (Wildman–Crippen LogP) is 4.59. The molecule has 0 radical (unpaired) electrons. The zero-order valence-electron chi connectivity index (χ0n) is 16.3. The highest BCUT2D eigenvalue weighted by molar-refractivity contribution is 7.80. The lowest BCUT2D eigenvalue weighted by atomic mass is 10.0. The van der Waals surface area contributed by atoms with E-state index in [9.17, 15) is 9.18 Å². The average Bonchev–Trinajstić information content (AvgIpc) is 3.31. The molecule has 8 heteroatoms. The van der Waals surface area contributed by atoms with Crippen LogP contribution in [0, 0.1) is 12.7 Å². The third-order valence-corrected chi connectivity index (χ3v) is 6.38. The second kappa shape index (κ2) is 8.89. The van der Waals surface area contributed by atoms with Crippen molar-refractivity contribution in [3.63, 3.8) is 0 Å². The minimum absolute atomic E-state index is 0.0373. The van der Waals surface area contributed by atoms with Crippen LogP contribution in [0.1, 0.15) is 34.0 Å². The minimum Gasteiger partial charge on any atom is -0.352 e. The number of carbonyl (C=O) groups is 1. The molecule has 0 unspecified atom stereocenters. The van der Waals surface area contributed by atoms with Gasteiger partial charge < -0.3 is 15.5 Å². The molecule has 1 aliphatic rings. The Hall–Kier alpha value is -2.84. The Morgan fingerprint density at radius 3 is 2.70 bits per heavy atom. The van der Waals surface area contributed by atoms with Crippen LogP contribution in [0.2, 0.25) is 0 Å². The number of hydrogen-bond acceptors (Lipinski definition) is 4. The summed E-state index contributed by atoms with van der Waals surface area (Å²) in [6.07, 6.45) is 2.03. The Morgan fingerprint density at radius 2 is 2.03 bits per heavy atom. The van der Waals surface area contributed by atoms with E-state index in [1.807, 2.05) is 18.2 Å². The number of anilines is 1. The molecule has 4 rings (SSSR count). The van der Waals surface area contributed by atoms with Crippen LogP contribution in [0.15, 0.2) is 60.8 Å². The molecule has 5 nitrogen and oxygen atoms in total. The second-order valence-corrected chi connectivity index (χ2v) is 8.78. The van der Waals surface area contributed by atoms with E-state index in [0.717, 1.165) is 5.69 Å². The molecule has 0 spiro atoms. The van der Waals surface area contributed by atoms with Crippen LogP contribution in [0.5, 0.6) is 0 Å². The summed E-state index contributed by atoms with van der Waals surface area (Å²) in [7, 11) is 0. The van der Waals surface area contributed by atoms with Gasteiger partial charge in [-0.2, -0.15) is 0 Å². The van der Waals surface area contributed by atoms with Gasteiger partial charge in [0, 0.05) is 34.6 Å². The molecule has 3 aromatic rings. The van der Waals surface area contributed by atoms with E-state index in [-0.39, 0.29) is 30.2 Å². The van der Waals surface area contributed by atoms with Crippen molar-refractivity contribution in [3.05, 3.63) is 82.1 Å². The van der Waals surface area contributed by atoms with Crippen molar-refractivity contribution >= 4 is 40.3 Å². The maximum atomic E-state index is 13.1. The first-order valence-corrected chi connectivity index (χ1v) is 10.8. The first-order chi connectivity index (χ1) is 14.5. The molecule has 0 bridgehead atoms. The fraction of sp³-hybridized carbons (Fsp3) is 0.227. The summed E-state index contributed by atoms with van der Waals surface area (Å²) in [4.78, 5) is 21.4. The third kappa shape index (κ3) is 4.49. The lowest BCUT2D eigenvalue weighted by Crippen LogP contribution is -2.32. The van der Waals surface area contributed by atoms with Crippen molar-refractivity contribution in [1.82, 2.24) is 15.2 Å². The van der Waals surface area contributed by atoms with Crippen LogP contribution in [0.3, 0.4) is 0 Å². The molecule has 1 fully saturated rings. The Morgan fingerprint density at radius 1 is 1.23 bits per heavy atom. The summed E-state index contributed by atoms with van der Waals surface area (Å²) >= 11 is 7.34. The van der Waals surface area contributed by atoms with Gasteiger partial charge >= 0.3 is 0 Å². The van der Waals surface area contributed by atoms with Gasteiger partial charge in [-0.3, -0.25) is 9.78 Å². The van der Waals surface area contributed by atoms with Crippen LogP contribution in [0.25, 0.3) is 0 Å². The van der Waals surface area contributed by atoms with Crippen LogP contribution in [0.4, 0.5) is 10.1 Å². The van der Waals surface area contributed by atoms with E-state index in [1.54, 1.807) is 29.7 Å². The van der Waals surface area contributed by atoms with Crippen LogP contribution >= 0.6 is 23.6 Å². The number of hydrogen-bond donors (Lipinski definition) is 2. The Bertz CT molecular complexity index is 1040. The summed E-state index contributed by atoms with van der Waals surface area (Å²) in [6, 6.07) is 15.6. The van der Waals surface area contributed by atoms with Crippen molar-refractivity contribution in [2.75, 3.05) is 11.9 Å². The lowest BCUT2D eigenvalue weighted by molar-refractivity contribution is -0.116. The van der Waals surface area contributed by atoms with Crippen LogP contribution in [-0.4, -0.2) is 27.4 Å². The molecule has 154 valence electrons. The number of carbonyl (C=O) groups excluding carboxylic acids is 1. The number of amides is 1. The first-order valence-electron chi connectivity index (χ1n) is 9.61. The molecule has 0 aliphatic carbocycles. The topological polar surface area (TPSA) is 57.3 Å². The van der Waals surface area contributed by atoms with Gasteiger partial charge in [0.05, 0.1) is 17.8 Å². The molecule has 2 atom stereocenters. The second-order valence-electron chi connectivity index (χ2n) is 7.07. The summed E-state index contributed by atoms with van der Waals surface area (Å²) < 4.78 is 13.1. The lowest BCUT2D eigenvalue weighted by Gasteiger charge is -2.26. The minimum atomic E-state index is -0.337. The highest BCUT2D eigenvalue weighted by Gasteiger charge is 2.40. The monoisotopic (exact) mass is 440 g/mol. The number of rotatable bonds is 6. The Labute approximate surface area is 183 Å². The van der Waals surface area contributed by atoms with E-state index in [0.29, 0.717) is 17.3 Å². The Kier molecular flexibility index (Phi) is 6.06. The highest BCUT2D eigenvalue weighted by Crippen LogP contribution is 2.41. The number of pyridine rings is 1. The van der Waals surface area contributed by atoms with Gasteiger partial charge in [-0.25, -0.2) is 4.39 Å². The van der Waals surface area contributed by atoms with Crippen LogP contribution in [-0.2, 0) is 4.79 Å². The number of aromatic nitrogens is 1. The van der Waals surface area contributed by atoms with Gasteiger partial charge in [0.15, 0.2) is 5.11 Å². The quantitative estimate of drug-likeness (QED) is 0.549. The van der Waals surface area contributed by atoms with Crippen LogP contribution < -0.4 is 10.6 Å². The summed E-state index contributed by atoms with van der Waals surface area (Å²) in [6.45, 7) is 2.54. The molecule has 1 aliphatic heterocycles. The van der Waals surface area contributed by atoms with Gasteiger partial charge in [0.1, 0.15) is 5.82 Å². The highest BCUT2D eigenvalue weighted by atomic mass is 32.1. The summed E-state index contributed by atoms with van der Waals surface area (Å²) in [5.74, 6) is -0.483. The van der Waals surface area contributed by atoms with Gasteiger partial charge in [-0.1, -0.05) is 6.07 Å². The summed E-state index contributed by atoms with van der Waals surface area (Å²) in [5.41, 5.74) is 1.48. The van der Waals surface area contributed by atoms with E-state index < -0.39 is 0 Å². The smallest absolute Gasteiger partial charge is 0.226 e. The number of thiocarbonyl (C=S) groups is 1. The summed E-state index contributed by atoms with van der Waals surface area (Å²) in [5, 5.41) is 6.80. The van der Waals surface area contributed by atoms with Crippen molar-refractivity contribution in [2.45, 2.75) is 25.4 Å². The molecule has 1 saturated heterocycles. The molecular weight excluding hydrogens is 419 g/mol. The number of halogens is 1. The predicted molar refractivity (Wildman–Crippen MR) is 121 cm³/mol. The van der Waals surface area contributed by atoms with Gasteiger partial charge in [0.25, 0.3) is 0 Å². The normalized spacial score (nSPS) is 18.3. The zero-order valence-corrected chi connectivity index (χ0v) is 18.0. The molecule has 1 aromatic carbocycles. The van der Waals surface area contributed by atoms with Crippen molar-refractivity contribution in [3.8, 4) is 0 Å². The maximum absolute atomic E-state index is 13.1. The molecule has 3 heterocycles. The largest absolute Gasteiger partial charge is 0.352 e. The molecule has 30 heavy (non-hydrogen) atoms. The SMILES string of the molecule is Cc1ccc([C@H]2[C@@H](c3ccccn3)NC(=S)N2CCC(=O)Nc2ccc(F)cc2)s1. The number of nitrogens with zero attached hydrogens (tertiary/aromatic N) is 2. The molecule has 1 amide bonds. The van der Waals surface area contributed by atoms with Crippen molar-refractivity contribution in [2.24, 2.45) is 0 Å². The Balaban J connectivity index is 1.51. The maximum Gasteiger partial charge on any atom is 0.226 e. The zero-order chi connectivity index (χ0) is 21.1. The standard InChI is InChI=1S/C22H21FN4OS2/c1-14-5-10-18(30-14)21-20(17-4-2-3-12-24-17)26-22(29)27(21)13-11-19(28)25-16-8-6-15(23)7-9-16/h2-10,12,20-21H,11,13H2,1H3,(H,25,28)(H,26,29)/t20-,21+/m1/s1. The van der Waals surface area contributed by atoms with Gasteiger partial charge in [-0.15, -0.1) is 11.3 Å². The average molecular weight is 441 g/mol. The fourth-order valence-electron chi connectivity index (χ4n) is 3.55. The van der Waals surface area contributed by atoms with E-state index in [4.69, 9.17) is 12.2 Å². The van der Waals surface area contributed by atoms with E-state index in [2.05, 4.69) is 39.6 Å². The molecule has 2 aromatic heterocycles. The fourth-order valence-corrected chi connectivity index (χ4v) is 4.91. The molecular formula is C22H21FN4OS2. The third-order valence-electron chi connectivity index (χ3n) is 4.96. The van der Waals surface area contributed by atoms with Gasteiger partial charge in [-0.05, 0) is 67.7 Å². The van der Waals surface area contributed by atoms with Crippen molar-refractivity contribution in [1.29, 1.82) is 0 Å². The van der Waals surface area contributed by atoms with E-state index >= 15 is 0 Å². The first kappa shape index (κ1) is 20.4. The van der Waals surface area contributed by atoms with Crippen molar-refractivity contribution < 1.29 is 9.18 Å². The van der Waals surface area contributed by atoms with E-state index in [1.165, 1.54) is 21.9 Å². The molecule has 0 saturated carbocycles. The molecule has 2 N–H and O–H groups in total.